The fraction of sp³-hybridized carbons (Fsp3) is 0.200. The van der Waals surface area contributed by atoms with Crippen LogP contribution in [0.1, 0.15) is 43.7 Å². The topological polar surface area (TPSA) is 70.8 Å². The van der Waals surface area contributed by atoms with Gasteiger partial charge in [-0.15, -0.1) is 26.3 Å². The quantitative estimate of drug-likeness (QED) is 0.231. The zero-order valence-corrected chi connectivity index (χ0v) is 21.9. The fourth-order valence-corrected chi connectivity index (χ4v) is 3.03. The molecule has 2 aromatic carbocycles. The van der Waals surface area contributed by atoms with Crippen molar-refractivity contribution in [1.82, 2.24) is 15.0 Å². The van der Waals surface area contributed by atoms with E-state index in [1.54, 1.807) is 24.3 Å². The number of hydrogen-bond acceptors (Lipinski definition) is 3. The highest BCUT2D eigenvalue weighted by Crippen LogP contribution is 2.30. The Morgan fingerprint density at radius 2 is 1.57 bits per heavy atom. The average Bonchev–Trinajstić information content (AvgIpc) is 3.50. The minimum absolute atomic E-state index is 0.349. The van der Waals surface area contributed by atoms with E-state index in [2.05, 4.69) is 36.3 Å². The molecular weight excluding hydrogens is 434 g/mol. The highest BCUT2D eigenvalue weighted by atomic mass is 16.5. The van der Waals surface area contributed by atoms with Crippen molar-refractivity contribution in [2.45, 2.75) is 34.6 Å². The number of hydrogen-bond donors (Lipinski definition) is 2. The lowest BCUT2D eigenvalue weighted by Gasteiger charge is -2.00. The number of ether oxygens (including phenoxy) is 1. The number of nitrogens with zero attached hydrogens (tertiary/aromatic N) is 1. The number of rotatable bonds is 3. The van der Waals surface area contributed by atoms with Gasteiger partial charge in [-0.1, -0.05) is 62.4 Å². The summed E-state index contributed by atoms with van der Waals surface area (Å²) in [5.41, 5.74) is 5.39. The number of imidazole rings is 1. The fourth-order valence-electron chi connectivity index (χ4n) is 3.03. The molecular formula is C30H39N3O2. The van der Waals surface area contributed by atoms with E-state index in [4.69, 9.17) is 9.72 Å². The number of allylic oxidation sites excluding steroid dienone is 2. The monoisotopic (exact) mass is 473 g/mol. The second-order valence-electron chi connectivity index (χ2n) is 6.70. The molecule has 2 aromatic heterocycles. The predicted molar refractivity (Wildman–Crippen MR) is 152 cm³/mol. The van der Waals surface area contributed by atoms with E-state index in [1.807, 2.05) is 77.2 Å². The first-order valence-corrected chi connectivity index (χ1v) is 11.5. The highest BCUT2D eigenvalue weighted by Gasteiger charge is 2.15. The Balaban J connectivity index is 0.00000102. The van der Waals surface area contributed by atoms with E-state index in [9.17, 15) is 4.79 Å². The largest absolute Gasteiger partial charge is 0.465 e. The molecule has 0 atom stereocenters. The molecule has 5 nitrogen and oxygen atoms in total. The number of carbonyl (C=O) groups is 1. The molecule has 0 bridgehead atoms. The maximum atomic E-state index is 11.7. The van der Waals surface area contributed by atoms with Gasteiger partial charge in [-0.25, -0.2) is 9.78 Å². The first-order chi connectivity index (χ1) is 17.0. The van der Waals surface area contributed by atoms with Crippen LogP contribution in [0.5, 0.6) is 0 Å². The smallest absolute Gasteiger partial charge is 0.337 e. The Morgan fingerprint density at radius 1 is 1.00 bits per heavy atom. The third-order valence-corrected chi connectivity index (χ3v) is 4.29. The van der Waals surface area contributed by atoms with Gasteiger partial charge in [0.1, 0.15) is 5.82 Å². The first kappa shape index (κ1) is 30.9. The van der Waals surface area contributed by atoms with Crippen LogP contribution in [0, 0.1) is 6.92 Å². The van der Waals surface area contributed by atoms with Crippen LogP contribution in [0.25, 0.3) is 33.5 Å². The van der Waals surface area contributed by atoms with Gasteiger partial charge < -0.3 is 14.7 Å². The first-order valence-electron chi connectivity index (χ1n) is 11.5. The second kappa shape index (κ2) is 17.4. The lowest BCUT2D eigenvalue weighted by Crippen LogP contribution is -2.00. The summed E-state index contributed by atoms with van der Waals surface area (Å²) >= 11 is 0. The molecule has 186 valence electrons. The third kappa shape index (κ3) is 8.63. The second-order valence-corrected chi connectivity index (χ2v) is 6.70. The molecule has 0 aliphatic heterocycles. The molecule has 5 heteroatoms. The minimum Gasteiger partial charge on any atom is -0.465 e. The maximum absolute atomic E-state index is 11.7. The van der Waals surface area contributed by atoms with Crippen molar-refractivity contribution in [2.24, 2.45) is 0 Å². The normalized spacial score (nSPS) is 8.86. The molecule has 0 spiro atoms. The Hall–Kier alpha value is -4.12. The number of benzene rings is 2. The zero-order chi connectivity index (χ0) is 26.8. The van der Waals surface area contributed by atoms with Gasteiger partial charge in [0.25, 0.3) is 0 Å². The summed E-state index contributed by atoms with van der Waals surface area (Å²) in [4.78, 5) is 23.0. The van der Waals surface area contributed by atoms with Crippen molar-refractivity contribution in [3.63, 3.8) is 0 Å². The minimum atomic E-state index is -0.349. The summed E-state index contributed by atoms with van der Waals surface area (Å²) in [6, 6.07) is 15.6. The molecule has 0 saturated carbocycles. The van der Waals surface area contributed by atoms with Crippen molar-refractivity contribution in [2.75, 3.05) is 7.11 Å². The van der Waals surface area contributed by atoms with Gasteiger partial charge in [-0.3, -0.25) is 0 Å². The Labute approximate surface area is 210 Å². The van der Waals surface area contributed by atoms with Crippen molar-refractivity contribution >= 4 is 16.9 Å². The molecule has 0 unspecified atom stereocenters. The Bertz CT molecular complexity index is 1170. The van der Waals surface area contributed by atoms with Gasteiger partial charge in [0.15, 0.2) is 0 Å². The average molecular weight is 474 g/mol. The molecule has 35 heavy (non-hydrogen) atoms. The van der Waals surface area contributed by atoms with Crippen LogP contribution in [0.2, 0.25) is 0 Å². The zero-order valence-electron chi connectivity index (χ0n) is 21.9. The molecule has 0 saturated heterocycles. The summed E-state index contributed by atoms with van der Waals surface area (Å²) in [5, 5.41) is 1.00. The lowest BCUT2D eigenvalue weighted by molar-refractivity contribution is 0.0601. The van der Waals surface area contributed by atoms with Crippen LogP contribution in [-0.4, -0.2) is 28.0 Å². The van der Waals surface area contributed by atoms with Gasteiger partial charge in [-0.2, -0.15) is 0 Å². The van der Waals surface area contributed by atoms with Crippen molar-refractivity contribution in [1.29, 1.82) is 0 Å². The molecule has 0 aliphatic rings. The highest BCUT2D eigenvalue weighted by molar-refractivity contribution is 5.99. The van der Waals surface area contributed by atoms with E-state index < -0.39 is 0 Å². The van der Waals surface area contributed by atoms with E-state index in [0.29, 0.717) is 5.56 Å². The number of esters is 1. The Kier molecular flexibility index (Phi) is 15.3. The SMILES string of the molecule is C=C.C=CC.C=CC.CC.COC(=O)c1ccc2c(-c3nc(-c4ccccc4)c(C)[nH]3)c[nH]c2c1. The van der Waals surface area contributed by atoms with E-state index in [0.717, 1.165) is 39.2 Å². The number of carbonyl (C=O) groups excluding carboxylic acids is 1. The molecule has 0 radical (unpaired) electrons. The van der Waals surface area contributed by atoms with Crippen LogP contribution < -0.4 is 0 Å². The predicted octanol–water partition coefficient (Wildman–Crippen LogP) is 8.53. The molecule has 2 heterocycles. The van der Waals surface area contributed by atoms with Gasteiger partial charge in [0, 0.05) is 33.9 Å². The number of H-pyrrole nitrogens is 2. The third-order valence-electron chi connectivity index (χ3n) is 4.29. The molecule has 0 aliphatic carbocycles. The number of aromatic amines is 2. The summed E-state index contributed by atoms with van der Waals surface area (Å²) < 4.78 is 4.77. The van der Waals surface area contributed by atoms with Crippen molar-refractivity contribution in [3.05, 3.63) is 104 Å². The van der Waals surface area contributed by atoms with E-state index in [-0.39, 0.29) is 5.97 Å². The molecule has 4 aromatic rings. The summed E-state index contributed by atoms with van der Waals surface area (Å²) in [6.07, 6.45) is 5.40. The Morgan fingerprint density at radius 3 is 2.11 bits per heavy atom. The van der Waals surface area contributed by atoms with Crippen molar-refractivity contribution < 1.29 is 9.53 Å². The van der Waals surface area contributed by atoms with Crippen LogP contribution in [0.3, 0.4) is 0 Å². The standard InChI is InChI=1S/C20H17N3O2.2C3H6.C2H6.C2H4/c1-12-18(13-6-4-3-5-7-13)23-19(22-12)16-11-21-17-10-14(20(24)25-2)8-9-15(16)17;2*1-3-2;2*1-2/h3-11,21H,1-2H3,(H,22,23);2*3H,1H2,2H3;1-2H3;1-2H2. The van der Waals surface area contributed by atoms with Crippen LogP contribution in [0.15, 0.2) is 93.2 Å². The number of aryl methyl sites for hydroxylation is 1. The van der Waals surface area contributed by atoms with Gasteiger partial charge in [-0.05, 0) is 32.9 Å². The molecule has 0 fully saturated rings. The number of nitrogens with one attached hydrogen (secondary N) is 2. The van der Waals surface area contributed by atoms with Gasteiger partial charge >= 0.3 is 5.97 Å². The molecule has 2 N–H and O–H groups in total. The van der Waals surface area contributed by atoms with Gasteiger partial charge in [0.2, 0.25) is 0 Å². The molecule has 4 rings (SSSR count). The van der Waals surface area contributed by atoms with Crippen molar-refractivity contribution in [3.8, 4) is 22.6 Å². The maximum Gasteiger partial charge on any atom is 0.337 e. The van der Waals surface area contributed by atoms with Gasteiger partial charge in [0.05, 0.1) is 18.4 Å². The lowest BCUT2D eigenvalue weighted by atomic mass is 10.1. The summed E-state index contributed by atoms with van der Waals surface area (Å²) in [6.45, 7) is 22.5. The summed E-state index contributed by atoms with van der Waals surface area (Å²) in [7, 11) is 1.38. The number of methoxy groups -OCH3 is 1. The van der Waals surface area contributed by atoms with E-state index in [1.165, 1.54) is 7.11 Å². The summed E-state index contributed by atoms with van der Waals surface area (Å²) in [5.74, 6) is 0.451. The van der Waals surface area contributed by atoms with Crippen LogP contribution in [0.4, 0.5) is 0 Å². The number of aromatic nitrogens is 3. The van der Waals surface area contributed by atoms with Crippen LogP contribution >= 0.6 is 0 Å². The van der Waals surface area contributed by atoms with E-state index >= 15 is 0 Å². The number of fused-ring (bicyclic) bond motifs is 1. The van der Waals surface area contributed by atoms with Crippen LogP contribution in [-0.2, 0) is 4.74 Å². The molecule has 0 amide bonds.